The van der Waals surface area contributed by atoms with Crippen molar-refractivity contribution < 1.29 is 9.72 Å². The fourth-order valence-corrected chi connectivity index (χ4v) is 4.80. The van der Waals surface area contributed by atoms with Crippen LogP contribution in [0.1, 0.15) is 27.0 Å². The Morgan fingerprint density at radius 3 is 2.55 bits per heavy atom. The van der Waals surface area contributed by atoms with Crippen molar-refractivity contribution >= 4 is 49.9 Å². The van der Waals surface area contributed by atoms with Gasteiger partial charge in [0.1, 0.15) is 0 Å². The molecular weight excluding hydrogens is 434 g/mol. The van der Waals surface area contributed by atoms with Crippen LogP contribution in [0.5, 0.6) is 0 Å². The Morgan fingerprint density at radius 2 is 1.87 bits per heavy atom. The standard InChI is InChI=1S/C23H18ClN3O3S/c1-14-10-15(2)21-20(11-14)31-23(25-21)26(13-16-6-4-3-5-7-16)22(28)18-9-8-17(27(29)30)12-19(18)24/h3-12H,13H2,1-2H3. The largest absolute Gasteiger partial charge is 0.279 e. The zero-order chi connectivity index (χ0) is 22.1. The number of benzene rings is 3. The lowest BCUT2D eigenvalue weighted by atomic mass is 10.1. The fraction of sp³-hybridized carbons (Fsp3) is 0.130. The molecule has 0 unspecified atom stereocenters. The summed E-state index contributed by atoms with van der Waals surface area (Å²) >= 11 is 7.69. The summed E-state index contributed by atoms with van der Waals surface area (Å²) in [6.45, 7) is 4.32. The first kappa shape index (κ1) is 21.0. The lowest BCUT2D eigenvalue weighted by Crippen LogP contribution is -2.30. The summed E-state index contributed by atoms with van der Waals surface area (Å²) in [6.07, 6.45) is 0. The van der Waals surface area contributed by atoms with Gasteiger partial charge < -0.3 is 0 Å². The van der Waals surface area contributed by atoms with E-state index in [9.17, 15) is 14.9 Å². The molecule has 0 radical (unpaired) electrons. The molecule has 31 heavy (non-hydrogen) atoms. The van der Waals surface area contributed by atoms with Gasteiger partial charge in [-0.1, -0.05) is 59.3 Å². The molecule has 3 aromatic carbocycles. The number of nitro groups is 1. The van der Waals surface area contributed by atoms with E-state index >= 15 is 0 Å². The number of non-ortho nitro benzene ring substituents is 1. The molecule has 0 N–H and O–H groups in total. The number of nitrogens with zero attached hydrogens (tertiary/aromatic N) is 3. The minimum atomic E-state index is -0.541. The number of carbonyl (C=O) groups excluding carboxylic acids is 1. The zero-order valence-corrected chi connectivity index (χ0v) is 18.4. The van der Waals surface area contributed by atoms with Crippen LogP contribution in [0, 0.1) is 24.0 Å². The van der Waals surface area contributed by atoms with E-state index in [1.165, 1.54) is 29.5 Å². The van der Waals surface area contributed by atoms with E-state index in [0.29, 0.717) is 11.7 Å². The van der Waals surface area contributed by atoms with Crippen LogP contribution in [-0.4, -0.2) is 15.8 Å². The quantitative estimate of drug-likeness (QED) is 0.262. The first-order valence-corrected chi connectivity index (χ1v) is 10.7. The Labute approximate surface area is 187 Å². The Kier molecular flexibility index (Phi) is 5.71. The zero-order valence-electron chi connectivity index (χ0n) is 16.8. The monoisotopic (exact) mass is 451 g/mol. The van der Waals surface area contributed by atoms with Crippen LogP contribution in [0.2, 0.25) is 5.02 Å². The summed E-state index contributed by atoms with van der Waals surface area (Å²) in [5, 5.41) is 11.6. The molecule has 0 aliphatic carbocycles. The molecule has 156 valence electrons. The maximum absolute atomic E-state index is 13.5. The Balaban J connectivity index is 1.81. The van der Waals surface area contributed by atoms with Gasteiger partial charge >= 0.3 is 0 Å². The average molecular weight is 452 g/mol. The third-order valence-electron chi connectivity index (χ3n) is 4.87. The number of aromatic nitrogens is 1. The number of hydrogen-bond donors (Lipinski definition) is 0. The van der Waals surface area contributed by atoms with E-state index in [-0.39, 0.29) is 22.2 Å². The number of hydrogen-bond acceptors (Lipinski definition) is 5. The number of aryl methyl sites for hydroxylation is 2. The van der Waals surface area contributed by atoms with Gasteiger partial charge in [-0.3, -0.25) is 19.8 Å². The summed E-state index contributed by atoms with van der Waals surface area (Å²) in [5.41, 5.74) is 3.97. The molecule has 0 aliphatic heterocycles. The van der Waals surface area contributed by atoms with E-state index in [1.54, 1.807) is 4.90 Å². The predicted octanol–water partition coefficient (Wildman–Crippen LogP) is 6.32. The van der Waals surface area contributed by atoms with Gasteiger partial charge in [-0.05, 0) is 42.7 Å². The van der Waals surface area contributed by atoms with Crippen molar-refractivity contribution in [3.8, 4) is 0 Å². The van der Waals surface area contributed by atoms with Gasteiger partial charge in [-0.2, -0.15) is 0 Å². The summed E-state index contributed by atoms with van der Waals surface area (Å²) in [6, 6.07) is 17.6. The summed E-state index contributed by atoms with van der Waals surface area (Å²) < 4.78 is 0.994. The van der Waals surface area contributed by atoms with E-state index < -0.39 is 4.92 Å². The molecule has 0 bridgehead atoms. The van der Waals surface area contributed by atoms with Crippen LogP contribution >= 0.6 is 22.9 Å². The van der Waals surface area contributed by atoms with Crippen LogP contribution in [-0.2, 0) is 6.54 Å². The molecule has 0 atom stereocenters. The smallest absolute Gasteiger partial charge is 0.270 e. The molecule has 4 aromatic rings. The van der Waals surface area contributed by atoms with Crippen molar-refractivity contribution in [3.63, 3.8) is 0 Å². The molecule has 6 nitrogen and oxygen atoms in total. The second-order valence-electron chi connectivity index (χ2n) is 7.22. The fourth-order valence-electron chi connectivity index (χ4n) is 3.40. The second kappa shape index (κ2) is 8.45. The number of carbonyl (C=O) groups is 1. The topological polar surface area (TPSA) is 76.3 Å². The maximum Gasteiger partial charge on any atom is 0.270 e. The molecule has 1 heterocycles. The highest BCUT2D eigenvalue weighted by Crippen LogP contribution is 2.34. The minimum absolute atomic E-state index is 0.0328. The summed E-state index contributed by atoms with van der Waals surface area (Å²) in [7, 11) is 0. The normalized spacial score (nSPS) is 10.9. The van der Waals surface area contributed by atoms with E-state index in [0.717, 1.165) is 26.9 Å². The first-order chi connectivity index (χ1) is 14.8. The van der Waals surface area contributed by atoms with Crippen molar-refractivity contribution in [1.82, 2.24) is 4.98 Å². The van der Waals surface area contributed by atoms with Crippen LogP contribution in [0.15, 0.2) is 60.7 Å². The molecule has 1 amide bonds. The van der Waals surface area contributed by atoms with Crippen LogP contribution in [0.3, 0.4) is 0 Å². The van der Waals surface area contributed by atoms with Crippen LogP contribution in [0.25, 0.3) is 10.2 Å². The molecule has 0 spiro atoms. The van der Waals surface area contributed by atoms with E-state index in [2.05, 4.69) is 6.07 Å². The van der Waals surface area contributed by atoms with Gasteiger partial charge in [0.05, 0.1) is 32.3 Å². The minimum Gasteiger partial charge on any atom is -0.279 e. The Hall–Kier alpha value is -3.29. The molecular formula is C23H18ClN3O3S. The lowest BCUT2D eigenvalue weighted by molar-refractivity contribution is -0.384. The first-order valence-electron chi connectivity index (χ1n) is 9.51. The number of halogens is 1. The third-order valence-corrected chi connectivity index (χ3v) is 6.21. The molecule has 1 aromatic heterocycles. The van der Waals surface area contributed by atoms with Gasteiger partial charge in [0.2, 0.25) is 0 Å². The van der Waals surface area contributed by atoms with Crippen molar-refractivity contribution in [1.29, 1.82) is 0 Å². The maximum atomic E-state index is 13.5. The van der Waals surface area contributed by atoms with E-state index in [1.807, 2.05) is 50.2 Å². The average Bonchev–Trinajstić information content (AvgIpc) is 3.16. The van der Waals surface area contributed by atoms with Gasteiger partial charge in [0, 0.05) is 12.1 Å². The van der Waals surface area contributed by atoms with Crippen molar-refractivity contribution in [2.24, 2.45) is 0 Å². The SMILES string of the molecule is Cc1cc(C)c2nc(N(Cc3ccccc3)C(=O)c3ccc([N+](=O)[O-])cc3Cl)sc2c1. The van der Waals surface area contributed by atoms with E-state index in [4.69, 9.17) is 16.6 Å². The highest BCUT2D eigenvalue weighted by atomic mass is 35.5. The highest BCUT2D eigenvalue weighted by molar-refractivity contribution is 7.22. The Bertz CT molecular complexity index is 1300. The Morgan fingerprint density at radius 1 is 1.13 bits per heavy atom. The van der Waals surface area contributed by atoms with Crippen LogP contribution < -0.4 is 4.90 Å². The second-order valence-corrected chi connectivity index (χ2v) is 8.64. The number of thiazole rings is 1. The number of rotatable bonds is 5. The highest BCUT2D eigenvalue weighted by Gasteiger charge is 2.25. The van der Waals surface area contributed by atoms with Gasteiger partial charge in [-0.25, -0.2) is 4.98 Å². The summed E-state index contributed by atoms with van der Waals surface area (Å²) in [4.78, 5) is 30.3. The number of nitro benzene ring substituents is 1. The molecule has 0 aliphatic rings. The van der Waals surface area contributed by atoms with Gasteiger partial charge in [0.25, 0.3) is 11.6 Å². The van der Waals surface area contributed by atoms with Crippen molar-refractivity contribution in [3.05, 3.63) is 98.1 Å². The molecule has 0 fully saturated rings. The van der Waals surface area contributed by atoms with Crippen molar-refractivity contribution in [2.45, 2.75) is 20.4 Å². The number of fused-ring (bicyclic) bond motifs is 1. The summed E-state index contributed by atoms with van der Waals surface area (Å²) in [5.74, 6) is -0.364. The third kappa shape index (κ3) is 4.28. The molecule has 4 rings (SSSR count). The van der Waals surface area contributed by atoms with Crippen LogP contribution in [0.4, 0.5) is 10.8 Å². The predicted molar refractivity (Wildman–Crippen MR) is 124 cm³/mol. The van der Waals surface area contributed by atoms with Gasteiger partial charge in [-0.15, -0.1) is 0 Å². The molecule has 0 saturated heterocycles. The number of amides is 1. The van der Waals surface area contributed by atoms with Crippen molar-refractivity contribution in [2.75, 3.05) is 4.90 Å². The van der Waals surface area contributed by atoms with Gasteiger partial charge in [0.15, 0.2) is 5.13 Å². The molecule has 0 saturated carbocycles. The molecule has 8 heteroatoms. The number of anilines is 1. The lowest BCUT2D eigenvalue weighted by Gasteiger charge is -2.20.